The zero-order valence-corrected chi connectivity index (χ0v) is 13.8. The summed E-state index contributed by atoms with van der Waals surface area (Å²) in [5, 5.41) is 7.77. The summed E-state index contributed by atoms with van der Waals surface area (Å²) in [7, 11) is 0. The summed E-state index contributed by atoms with van der Waals surface area (Å²) in [6.45, 7) is 4.07. The zero-order chi connectivity index (χ0) is 16.7. The van der Waals surface area contributed by atoms with Crippen molar-refractivity contribution in [2.75, 3.05) is 5.32 Å². The molecule has 4 nitrogen and oxygen atoms in total. The summed E-state index contributed by atoms with van der Waals surface area (Å²) in [5.74, 6) is 0.880. The predicted molar refractivity (Wildman–Crippen MR) is 94.6 cm³/mol. The molecule has 0 fully saturated rings. The number of aryl methyl sites for hydroxylation is 2. The van der Waals surface area contributed by atoms with Crippen LogP contribution in [0.4, 0.5) is 5.82 Å². The minimum absolute atomic E-state index is 0.0334. The van der Waals surface area contributed by atoms with E-state index in [2.05, 4.69) is 30.4 Å². The fraction of sp³-hybridized carbons (Fsp3) is 0.200. The molecule has 0 aliphatic carbocycles. The maximum absolute atomic E-state index is 12.3. The fourth-order valence-electron chi connectivity index (χ4n) is 3.49. The fourth-order valence-corrected chi connectivity index (χ4v) is 3.49. The van der Waals surface area contributed by atoms with Crippen LogP contribution in [0.25, 0.3) is 5.69 Å². The molecule has 0 bridgehead atoms. The lowest BCUT2D eigenvalue weighted by atomic mass is 9.86. The number of hydrogen-bond donors (Lipinski definition) is 1. The van der Waals surface area contributed by atoms with Gasteiger partial charge in [-0.3, -0.25) is 4.79 Å². The van der Waals surface area contributed by atoms with Crippen molar-refractivity contribution < 1.29 is 4.79 Å². The molecule has 4 rings (SSSR count). The Labute approximate surface area is 141 Å². The van der Waals surface area contributed by atoms with E-state index in [0.717, 1.165) is 33.9 Å². The average molecular weight is 317 g/mol. The molecule has 0 saturated carbocycles. The molecule has 0 unspecified atom stereocenters. The van der Waals surface area contributed by atoms with Gasteiger partial charge in [0.1, 0.15) is 5.82 Å². The molecular formula is C20H19N3O. The second-order valence-corrected chi connectivity index (χ2v) is 6.26. The lowest BCUT2D eigenvalue weighted by Gasteiger charge is -2.24. The van der Waals surface area contributed by atoms with Crippen LogP contribution in [0.15, 0.2) is 54.6 Å². The Balaban J connectivity index is 1.91. The molecule has 2 heterocycles. The molecule has 1 aromatic heterocycles. The number of nitrogens with one attached hydrogen (secondary N) is 1. The van der Waals surface area contributed by atoms with Gasteiger partial charge < -0.3 is 5.32 Å². The first-order valence-corrected chi connectivity index (χ1v) is 8.15. The molecule has 3 aromatic rings. The standard InChI is InChI=1S/C20H19N3O/c1-13-8-6-7-11-17(13)23-20-19(14(2)22-23)16(12-18(24)21-20)15-9-4-3-5-10-15/h3-11,16H,12H2,1-2H3,(H,21,24)/t16-/m1/s1. The van der Waals surface area contributed by atoms with Gasteiger partial charge in [0.15, 0.2) is 0 Å². The van der Waals surface area contributed by atoms with Gasteiger partial charge in [0.25, 0.3) is 0 Å². The van der Waals surface area contributed by atoms with E-state index in [0.29, 0.717) is 6.42 Å². The molecule has 1 N–H and O–H groups in total. The molecular weight excluding hydrogens is 298 g/mol. The Morgan fingerprint density at radius 1 is 1.04 bits per heavy atom. The van der Waals surface area contributed by atoms with E-state index in [1.807, 2.05) is 48.0 Å². The van der Waals surface area contributed by atoms with Crippen molar-refractivity contribution in [3.63, 3.8) is 0 Å². The van der Waals surface area contributed by atoms with Crippen LogP contribution in [-0.2, 0) is 4.79 Å². The number of aromatic nitrogens is 2. The number of carbonyl (C=O) groups is 1. The highest BCUT2D eigenvalue weighted by Gasteiger charge is 2.32. The number of fused-ring (bicyclic) bond motifs is 1. The quantitative estimate of drug-likeness (QED) is 0.777. The lowest BCUT2D eigenvalue weighted by Crippen LogP contribution is -2.25. The van der Waals surface area contributed by atoms with Crippen molar-refractivity contribution >= 4 is 11.7 Å². The zero-order valence-electron chi connectivity index (χ0n) is 13.8. The van der Waals surface area contributed by atoms with Crippen LogP contribution >= 0.6 is 0 Å². The minimum atomic E-state index is 0.0334. The number of carbonyl (C=O) groups excluding carboxylic acids is 1. The van der Waals surface area contributed by atoms with Gasteiger partial charge in [-0.2, -0.15) is 5.10 Å². The van der Waals surface area contributed by atoms with E-state index in [1.54, 1.807) is 0 Å². The van der Waals surface area contributed by atoms with Gasteiger partial charge in [0.2, 0.25) is 5.91 Å². The van der Waals surface area contributed by atoms with Crippen molar-refractivity contribution in [2.24, 2.45) is 0 Å². The summed E-state index contributed by atoms with van der Waals surface area (Å²) in [6, 6.07) is 18.3. The Kier molecular flexibility index (Phi) is 3.45. The highest BCUT2D eigenvalue weighted by Crippen LogP contribution is 2.40. The minimum Gasteiger partial charge on any atom is -0.310 e. The molecule has 1 amide bonds. The van der Waals surface area contributed by atoms with E-state index in [-0.39, 0.29) is 11.8 Å². The molecule has 0 spiro atoms. The van der Waals surface area contributed by atoms with Gasteiger partial charge in [0.05, 0.1) is 11.4 Å². The summed E-state index contributed by atoms with van der Waals surface area (Å²) in [6.07, 6.45) is 0.456. The van der Waals surface area contributed by atoms with Gasteiger partial charge in [-0.05, 0) is 31.0 Å². The smallest absolute Gasteiger partial charge is 0.226 e. The SMILES string of the molecule is Cc1ccccc1-n1nc(C)c2c1NC(=O)C[C@@H]2c1ccccc1. The molecule has 0 saturated heterocycles. The van der Waals surface area contributed by atoms with E-state index >= 15 is 0 Å². The maximum atomic E-state index is 12.3. The van der Waals surface area contributed by atoms with Crippen LogP contribution < -0.4 is 5.32 Å². The summed E-state index contributed by atoms with van der Waals surface area (Å²) < 4.78 is 1.87. The molecule has 120 valence electrons. The Morgan fingerprint density at radius 3 is 2.50 bits per heavy atom. The average Bonchev–Trinajstić information content (AvgIpc) is 2.92. The number of rotatable bonds is 2. The molecule has 0 radical (unpaired) electrons. The van der Waals surface area contributed by atoms with Crippen molar-refractivity contribution in [2.45, 2.75) is 26.2 Å². The lowest BCUT2D eigenvalue weighted by molar-refractivity contribution is -0.116. The molecule has 24 heavy (non-hydrogen) atoms. The van der Waals surface area contributed by atoms with Crippen molar-refractivity contribution in [1.29, 1.82) is 0 Å². The highest BCUT2D eigenvalue weighted by molar-refractivity contribution is 5.95. The molecule has 1 atom stereocenters. The number of anilines is 1. The van der Waals surface area contributed by atoms with E-state index in [9.17, 15) is 4.79 Å². The van der Waals surface area contributed by atoms with Crippen LogP contribution in [0.5, 0.6) is 0 Å². The first-order chi connectivity index (χ1) is 11.6. The topological polar surface area (TPSA) is 46.9 Å². The van der Waals surface area contributed by atoms with Crippen molar-refractivity contribution in [1.82, 2.24) is 9.78 Å². The number of para-hydroxylation sites is 1. The summed E-state index contributed by atoms with van der Waals surface area (Å²) in [5.41, 5.74) is 5.35. The van der Waals surface area contributed by atoms with Crippen LogP contribution in [-0.4, -0.2) is 15.7 Å². The number of hydrogen-bond acceptors (Lipinski definition) is 2. The summed E-state index contributed by atoms with van der Waals surface area (Å²) in [4.78, 5) is 12.3. The summed E-state index contributed by atoms with van der Waals surface area (Å²) >= 11 is 0. The predicted octanol–water partition coefficient (Wildman–Crippen LogP) is 3.96. The van der Waals surface area contributed by atoms with Gasteiger partial charge >= 0.3 is 0 Å². The Bertz CT molecular complexity index is 912. The van der Waals surface area contributed by atoms with E-state index < -0.39 is 0 Å². The molecule has 4 heteroatoms. The third-order valence-electron chi connectivity index (χ3n) is 4.65. The third kappa shape index (κ3) is 2.31. The van der Waals surface area contributed by atoms with Crippen molar-refractivity contribution in [3.8, 4) is 5.69 Å². The van der Waals surface area contributed by atoms with Crippen LogP contribution in [0.1, 0.15) is 34.7 Å². The van der Waals surface area contributed by atoms with Crippen molar-refractivity contribution in [3.05, 3.63) is 77.0 Å². The largest absolute Gasteiger partial charge is 0.310 e. The molecule has 1 aliphatic heterocycles. The second kappa shape index (κ2) is 5.64. The van der Waals surface area contributed by atoms with Crippen LogP contribution in [0.2, 0.25) is 0 Å². The van der Waals surface area contributed by atoms with Crippen LogP contribution in [0, 0.1) is 13.8 Å². The maximum Gasteiger partial charge on any atom is 0.226 e. The third-order valence-corrected chi connectivity index (χ3v) is 4.65. The Morgan fingerprint density at radius 2 is 1.75 bits per heavy atom. The number of benzene rings is 2. The molecule has 2 aromatic carbocycles. The van der Waals surface area contributed by atoms with Gasteiger partial charge in [0, 0.05) is 17.9 Å². The normalized spacial score (nSPS) is 16.6. The number of nitrogens with zero attached hydrogens (tertiary/aromatic N) is 2. The van der Waals surface area contributed by atoms with E-state index in [4.69, 9.17) is 5.10 Å². The number of amides is 1. The molecule has 1 aliphatic rings. The van der Waals surface area contributed by atoms with Crippen LogP contribution in [0.3, 0.4) is 0 Å². The monoisotopic (exact) mass is 317 g/mol. The van der Waals surface area contributed by atoms with E-state index in [1.165, 1.54) is 0 Å². The first kappa shape index (κ1) is 14.7. The van der Waals surface area contributed by atoms with Gasteiger partial charge in [-0.25, -0.2) is 4.68 Å². The first-order valence-electron chi connectivity index (χ1n) is 8.15. The van der Waals surface area contributed by atoms with Gasteiger partial charge in [-0.15, -0.1) is 0 Å². The van der Waals surface area contributed by atoms with Gasteiger partial charge in [-0.1, -0.05) is 48.5 Å². The second-order valence-electron chi connectivity index (χ2n) is 6.26. The highest BCUT2D eigenvalue weighted by atomic mass is 16.1. The Hall–Kier alpha value is -2.88.